The predicted molar refractivity (Wildman–Crippen MR) is 34.5 cm³/mol. The highest BCUT2D eigenvalue weighted by Crippen LogP contribution is 2.04. The van der Waals surface area contributed by atoms with Gasteiger partial charge in [0.25, 0.3) is 0 Å². The zero-order chi connectivity index (χ0) is 5.98. The average Bonchev–Trinajstić information content (AvgIpc) is 1.64. The largest absolute Gasteiger partial charge is 0.280 e. The van der Waals surface area contributed by atoms with E-state index in [1.165, 1.54) is 26.3 Å². The standard InChI is InChI=1S/C6H14N2/c1-3-4-8-5-7(2)6-8/h3-6H2,1-2H3. The van der Waals surface area contributed by atoms with Crippen LogP contribution in [0.2, 0.25) is 0 Å². The van der Waals surface area contributed by atoms with E-state index in [9.17, 15) is 0 Å². The van der Waals surface area contributed by atoms with Crippen LogP contribution in [0.5, 0.6) is 0 Å². The minimum atomic E-state index is 1.17. The van der Waals surface area contributed by atoms with Gasteiger partial charge in [-0.3, -0.25) is 9.80 Å². The van der Waals surface area contributed by atoms with Crippen LogP contribution in [0.4, 0.5) is 0 Å². The molecule has 0 N–H and O–H groups in total. The summed E-state index contributed by atoms with van der Waals surface area (Å²) >= 11 is 0. The van der Waals surface area contributed by atoms with Crippen molar-refractivity contribution in [2.24, 2.45) is 0 Å². The number of nitrogens with zero attached hydrogens (tertiary/aromatic N) is 2. The lowest BCUT2D eigenvalue weighted by molar-refractivity contribution is -0.00816. The van der Waals surface area contributed by atoms with Gasteiger partial charge in [-0.15, -0.1) is 0 Å². The normalized spacial score (nSPS) is 23.2. The van der Waals surface area contributed by atoms with Gasteiger partial charge in [0.1, 0.15) is 0 Å². The predicted octanol–water partition coefficient (Wildman–Crippen LogP) is 0.559. The Morgan fingerprint density at radius 3 is 2.38 bits per heavy atom. The maximum Gasteiger partial charge on any atom is 0.0526 e. The minimum absolute atomic E-state index is 1.17. The van der Waals surface area contributed by atoms with Gasteiger partial charge in [-0.1, -0.05) is 6.92 Å². The van der Waals surface area contributed by atoms with Crippen molar-refractivity contribution in [3.05, 3.63) is 0 Å². The van der Waals surface area contributed by atoms with Crippen molar-refractivity contribution >= 4 is 0 Å². The molecule has 1 saturated heterocycles. The van der Waals surface area contributed by atoms with E-state index in [2.05, 4.69) is 23.8 Å². The molecular formula is C6H14N2. The van der Waals surface area contributed by atoms with Gasteiger partial charge in [-0.05, 0) is 13.5 Å². The Hall–Kier alpha value is -0.0800. The van der Waals surface area contributed by atoms with Crippen LogP contribution in [0, 0.1) is 0 Å². The van der Waals surface area contributed by atoms with Gasteiger partial charge in [-0.2, -0.15) is 0 Å². The summed E-state index contributed by atoms with van der Waals surface area (Å²) in [5.41, 5.74) is 0. The first-order valence-electron chi connectivity index (χ1n) is 3.24. The fourth-order valence-corrected chi connectivity index (χ4v) is 1.10. The van der Waals surface area contributed by atoms with Crippen molar-refractivity contribution in [1.29, 1.82) is 0 Å². The van der Waals surface area contributed by atoms with E-state index >= 15 is 0 Å². The molecule has 0 atom stereocenters. The molecule has 0 aromatic carbocycles. The first kappa shape index (κ1) is 6.05. The van der Waals surface area contributed by atoms with Crippen LogP contribution in [-0.4, -0.2) is 36.7 Å². The third-order valence-corrected chi connectivity index (χ3v) is 1.42. The Morgan fingerprint density at radius 1 is 1.38 bits per heavy atom. The molecule has 2 heteroatoms. The summed E-state index contributed by atoms with van der Waals surface area (Å²) in [6.07, 6.45) is 1.29. The van der Waals surface area contributed by atoms with Crippen LogP contribution in [0.1, 0.15) is 13.3 Å². The molecule has 1 aliphatic heterocycles. The van der Waals surface area contributed by atoms with E-state index in [0.717, 1.165) is 0 Å². The smallest absolute Gasteiger partial charge is 0.0526 e. The summed E-state index contributed by atoms with van der Waals surface area (Å²) in [7, 11) is 2.14. The molecule has 0 unspecified atom stereocenters. The Balaban J connectivity index is 1.98. The summed E-state index contributed by atoms with van der Waals surface area (Å²) in [6, 6.07) is 0. The number of rotatable bonds is 2. The molecule has 1 aliphatic rings. The van der Waals surface area contributed by atoms with Crippen molar-refractivity contribution < 1.29 is 0 Å². The highest BCUT2D eigenvalue weighted by molar-refractivity contribution is 4.64. The fraction of sp³-hybridized carbons (Fsp3) is 1.00. The molecule has 1 rings (SSSR count). The van der Waals surface area contributed by atoms with E-state index in [4.69, 9.17) is 0 Å². The third kappa shape index (κ3) is 1.20. The molecule has 0 bridgehead atoms. The summed E-state index contributed by atoms with van der Waals surface area (Å²) in [4.78, 5) is 4.73. The average molecular weight is 114 g/mol. The second kappa shape index (κ2) is 2.46. The highest BCUT2D eigenvalue weighted by atomic mass is 15.5. The third-order valence-electron chi connectivity index (χ3n) is 1.42. The van der Waals surface area contributed by atoms with Crippen molar-refractivity contribution in [2.45, 2.75) is 13.3 Å². The molecule has 48 valence electrons. The van der Waals surface area contributed by atoms with Crippen molar-refractivity contribution in [1.82, 2.24) is 9.80 Å². The minimum Gasteiger partial charge on any atom is -0.280 e. The molecule has 8 heavy (non-hydrogen) atoms. The molecule has 0 saturated carbocycles. The van der Waals surface area contributed by atoms with Crippen LogP contribution in [0.25, 0.3) is 0 Å². The van der Waals surface area contributed by atoms with E-state index in [1.807, 2.05) is 0 Å². The van der Waals surface area contributed by atoms with Gasteiger partial charge in [0, 0.05) is 6.54 Å². The van der Waals surface area contributed by atoms with Crippen molar-refractivity contribution in [2.75, 3.05) is 26.9 Å². The first-order valence-corrected chi connectivity index (χ1v) is 3.24. The first-order chi connectivity index (χ1) is 3.83. The monoisotopic (exact) mass is 114 g/mol. The van der Waals surface area contributed by atoms with Gasteiger partial charge in [0.15, 0.2) is 0 Å². The summed E-state index contributed by atoms with van der Waals surface area (Å²) in [5, 5.41) is 0. The number of hydrogen-bond donors (Lipinski definition) is 0. The SMILES string of the molecule is CCCN1CN(C)C1. The van der Waals surface area contributed by atoms with Crippen LogP contribution >= 0.6 is 0 Å². The Morgan fingerprint density at radius 2 is 2.00 bits per heavy atom. The highest BCUT2D eigenvalue weighted by Gasteiger charge is 2.17. The summed E-state index contributed by atoms with van der Waals surface area (Å²) in [5.74, 6) is 0. The summed E-state index contributed by atoms with van der Waals surface area (Å²) in [6.45, 7) is 5.84. The van der Waals surface area contributed by atoms with Gasteiger partial charge in [0.2, 0.25) is 0 Å². The molecular weight excluding hydrogens is 100 g/mol. The summed E-state index contributed by atoms with van der Waals surface area (Å²) < 4.78 is 0. The van der Waals surface area contributed by atoms with Crippen LogP contribution in [-0.2, 0) is 0 Å². The van der Waals surface area contributed by atoms with Crippen molar-refractivity contribution in [3.63, 3.8) is 0 Å². The van der Waals surface area contributed by atoms with Gasteiger partial charge in [-0.25, -0.2) is 0 Å². The van der Waals surface area contributed by atoms with Crippen molar-refractivity contribution in [3.8, 4) is 0 Å². The van der Waals surface area contributed by atoms with E-state index in [0.29, 0.717) is 0 Å². The zero-order valence-electron chi connectivity index (χ0n) is 5.72. The molecule has 1 heterocycles. The lowest BCUT2D eigenvalue weighted by atomic mass is 10.4. The maximum atomic E-state index is 2.43. The molecule has 0 spiro atoms. The van der Waals surface area contributed by atoms with Crippen LogP contribution in [0.15, 0.2) is 0 Å². The van der Waals surface area contributed by atoms with Gasteiger partial charge >= 0.3 is 0 Å². The molecule has 0 aromatic rings. The Kier molecular flexibility index (Phi) is 1.86. The zero-order valence-corrected chi connectivity index (χ0v) is 5.72. The van der Waals surface area contributed by atoms with E-state index in [-0.39, 0.29) is 0 Å². The van der Waals surface area contributed by atoms with Crippen LogP contribution in [0.3, 0.4) is 0 Å². The van der Waals surface area contributed by atoms with Crippen LogP contribution < -0.4 is 0 Å². The Bertz CT molecular complexity index is 64.2. The maximum absolute atomic E-state index is 2.43. The quantitative estimate of drug-likeness (QED) is 0.517. The van der Waals surface area contributed by atoms with Gasteiger partial charge in [0.05, 0.1) is 13.3 Å². The molecule has 1 fully saturated rings. The second-order valence-electron chi connectivity index (χ2n) is 2.53. The van der Waals surface area contributed by atoms with Gasteiger partial charge < -0.3 is 0 Å². The van der Waals surface area contributed by atoms with E-state index < -0.39 is 0 Å². The molecule has 0 amide bonds. The second-order valence-corrected chi connectivity index (χ2v) is 2.53. The molecule has 2 nitrogen and oxygen atoms in total. The fourth-order valence-electron chi connectivity index (χ4n) is 1.10. The lowest BCUT2D eigenvalue weighted by Crippen LogP contribution is -2.52. The molecule has 0 aromatic heterocycles. The Labute approximate surface area is 51.1 Å². The molecule has 0 aliphatic carbocycles. The van der Waals surface area contributed by atoms with E-state index in [1.54, 1.807) is 0 Å². The molecule has 0 radical (unpaired) electrons. The number of hydrogen-bond acceptors (Lipinski definition) is 2. The lowest BCUT2D eigenvalue weighted by Gasteiger charge is -2.39. The topological polar surface area (TPSA) is 6.48 Å².